The van der Waals surface area contributed by atoms with Crippen LogP contribution in [0.4, 0.5) is 15.8 Å². The van der Waals surface area contributed by atoms with Gasteiger partial charge in [-0.3, -0.25) is 4.72 Å². The molecular formula is C14H13Cl2FN2O2S2. The molecule has 1 saturated heterocycles. The zero-order valence-corrected chi connectivity index (χ0v) is 15.0. The summed E-state index contributed by atoms with van der Waals surface area (Å²) in [5.41, 5.74) is 0.630. The average Bonchev–Trinajstić information content (AvgIpc) is 3.08. The van der Waals surface area contributed by atoms with Crippen molar-refractivity contribution < 1.29 is 12.8 Å². The first-order valence-electron chi connectivity index (χ1n) is 6.89. The van der Waals surface area contributed by atoms with Gasteiger partial charge in [0.1, 0.15) is 15.0 Å². The summed E-state index contributed by atoms with van der Waals surface area (Å²) in [6.45, 7) is 1.62. The minimum Gasteiger partial charge on any atom is -0.369 e. The first-order valence-corrected chi connectivity index (χ1v) is 9.94. The third kappa shape index (κ3) is 3.57. The van der Waals surface area contributed by atoms with Crippen molar-refractivity contribution in [1.82, 2.24) is 0 Å². The SMILES string of the molecule is O=S(=O)(Nc1ccc(N2CCCC2)c(F)c1)c1cc(Cl)sc1Cl. The lowest BCUT2D eigenvalue weighted by atomic mass is 10.2. The third-order valence-electron chi connectivity index (χ3n) is 3.56. The quantitative estimate of drug-likeness (QED) is 0.824. The van der Waals surface area contributed by atoms with Crippen molar-refractivity contribution in [2.75, 3.05) is 22.7 Å². The van der Waals surface area contributed by atoms with E-state index in [0.29, 0.717) is 5.69 Å². The van der Waals surface area contributed by atoms with Gasteiger partial charge in [0.25, 0.3) is 10.0 Å². The van der Waals surface area contributed by atoms with Crippen LogP contribution in [0, 0.1) is 5.82 Å². The van der Waals surface area contributed by atoms with Crippen molar-refractivity contribution in [1.29, 1.82) is 0 Å². The van der Waals surface area contributed by atoms with Crippen molar-refractivity contribution in [3.8, 4) is 0 Å². The van der Waals surface area contributed by atoms with Crippen molar-refractivity contribution >= 4 is 55.9 Å². The highest BCUT2D eigenvalue weighted by Crippen LogP contribution is 2.35. The van der Waals surface area contributed by atoms with Gasteiger partial charge in [0, 0.05) is 19.2 Å². The van der Waals surface area contributed by atoms with E-state index in [1.807, 2.05) is 4.90 Å². The van der Waals surface area contributed by atoms with Crippen molar-refractivity contribution in [3.05, 3.63) is 38.8 Å². The predicted octanol–water partition coefficient (Wildman–Crippen LogP) is 4.60. The topological polar surface area (TPSA) is 49.4 Å². The molecule has 0 atom stereocenters. The largest absolute Gasteiger partial charge is 0.369 e. The van der Waals surface area contributed by atoms with Gasteiger partial charge in [-0.25, -0.2) is 12.8 Å². The Balaban J connectivity index is 1.85. The van der Waals surface area contributed by atoms with Gasteiger partial charge in [0.2, 0.25) is 0 Å². The average molecular weight is 395 g/mol. The van der Waals surface area contributed by atoms with Crippen LogP contribution in [-0.4, -0.2) is 21.5 Å². The first kappa shape index (κ1) is 16.8. The minimum absolute atomic E-state index is 0.0664. The van der Waals surface area contributed by atoms with Gasteiger partial charge in [-0.15, -0.1) is 11.3 Å². The van der Waals surface area contributed by atoms with E-state index in [1.165, 1.54) is 18.2 Å². The van der Waals surface area contributed by atoms with Crippen LogP contribution >= 0.6 is 34.5 Å². The van der Waals surface area contributed by atoms with Crippen LogP contribution in [0.1, 0.15) is 12.8 Å². The number of nitrogens with one attached hydrogen (secondary N) is 1. The molecule has 4 nitrogen and oxygen atoms in total. The summed E-state index contributed by atoms with van der Waals surface area (Å²) in [4.78, 5) is 1.83. The number of halogens is 3. The molecule has 0 saturated carbocycles. The van der Waals surface area contributed by atoms with E-state index in [4.69, 9.17) is 23.2 Å². The Bertz CT molecular complexity index is 833. The first-order chi connectivity index (χ1) is 10.9. The maximum Gasteiger partial charge on any atom is 0.264 e. The Hall–Kier alpha value is -1.02. The second kappa shape index (κ2) is 6.47. The predicted molar refractivity (Wildman–Crippen MR) is 93.0 cm³/mol. The van der Waals surface area contributed by atoms with Crippen LogP contribution in [0.5, 0.6) is 0 Å². The second-order valence-corrected chi connectivity index (χ2v) is 9.09. The molecule has 0 bridgehead atoms. The maximum absolute atomic E-state index is 14.2. The number of rotatable bonds is 4. The molecule has 1 aliphatic heterocycles. The maximum atomic E-state index is 14.2. The summed E-state index contributed by atoms with van der Waals surface area (Å²) in [5, 5.41) is 0. The van der Waals surface area contributed by atoms with Crippen LogP contribution < -0.4 is 9.62 Å². The van der Waals surface area contributed by atoms with Crippen LogP contribution in [0.3, 0.4) is 0 Å². The molecule has 23 heavy (non-hydrogen) atoms. The molecule has 2 aromatic rings. The van der Waals surface area contributed by atoms with Crippen LogP contribution in [0.15, 0.2) is 29.2 Å². The molecule has 1 aromatic heterocycles. The standard InChI is InChI=1S/C14H13Cl2FN2O2S2/c15-13-8-12(14(16)22-13)23(20,21)18-9-3-4-11(10(17)7-9)19-5-1-2-6-19/h3-4,7-8,18H,1-2,5-6H2. The zero-order valence-electron chi connectivity index (χ0n) is 11.9. The lowest BCUT2D eigenvalue weighted by molar-refractivity contribution is 0.601. The second-order valence-electron chi connectivity index (χ2n) is 5.15. The summed E-state index contributed by atoms with van der Waals surface area (Å²) < 4.78 is 41.5. The van der Waals surface area contributed by atoms with Gasteiger partial charge in [-0.1, -0.05) is 23.2 Å². The fraction of sp³-hybridized carbons (Fsp3) is 0.286. The molecule has 0 amide bonds. The van der Waals surface area contributed by atoms with E-state index in [9.17, 15) is 12.8 Å². The monoisotopic (exact) mass is 394 g/mol. The van der Waals surface area contributed by atoms with Gasteiger partial charge in [-0.2, -0.15) is 0 Å². The molecule has 1 N–H and O–H groups in total. The molecule has 9 heteroatoms. The highest BCUT2D eigenvalue weighted by molar-refractivity contribution is 7.93. The van der Waals surface area contributed by atoms with E-state index in [2.05, 4.69) is 4.72 Å². The Labute approximate surface area is 147 Å². The van der Waals surface area contributed by atoms with E-state index in [1.54, 1.807) is 6.07 Å². The fourth-order valence-electron chi connectivity index (χ4n) is 2.50. The summed E-state index contributed by atoms with van der Waals surface area (Å²) in [5.74, 6) is -0.457. The van der Waals surface area contributed by atoms with Crippen molar-refractivity contribution in [2.24, 2.45) is 0 Å². The molecule has 0 unspecified atom stereocenters. The number of sulfonamides is 1. The van der Waals surface area contributed by atoms with Crippen molar-refractivity contribution in [2.45, 2.75) is 17.7 Å². The molecular weight excluding hydrogens is 382 g/mol. The summed E-state index contributed by atoms with van der Waals surface area (Å²) >= 11 is 12.6. The third-order valence-corrected chi connectivity index (χ3v) is 6.70. The highest BCUT2D eigenvalue weighted by Gasteiger charge is 2.22. The number of thiophene rings is 1. The lowest BCUT2D eigenvalue weighted by Gasteiger charge is -2.19. The zero-order chi connectivity index (χ0) is 16.6. The number of hydrogen-bond acceptors (Lipinski definition) is 4. The smallest absolute Gasteiger partial charge is 0.264 e. The van der Waals surface area contributed by atoms with Gasteiger partial charge in [0.15, 0.2) is 0 Å². The Kier molecular flexibility index (Phi) is 4.73. The number of nitrogens with zero attached hydrogens (tertiary/aromatic N) is 1. The van der Waals surface area contributed by atoms with Crippen LogP contribution in [-0.2, 0) is 10.0 Å². The lowest BCUT2D eigenvalue weighted by Crippen LogP contribution is -2.19. The molecule has 0 radical (unpaired) electrons. The summed E-state index contributed by atoms with van der Waals surface area (Å²) in [6, 6.07) is 5.57. The van der Waals surface area contributed by atoms with Gasteiger partial charge >= 0.3 is 0 Å². The molecule has 124 valence electrons. The molecule has 0 aliphatic carbocycles. The van der Waals surface area contributed by atoms with Crippen LogP contribution in [0.2, 0.25) is 8.67 Å². The molecule has 2 heterocycles. The number of anilines is 2. The molecule has 0 spiro atoms. The Morgan fingerprint density at radius 2 is 1.87 bits per heavy atom. The van der Waals surface area contributed by atoms with E-state index in [-0.39, 0.29) is 19.3 Å². The van der Waals surface area contributed by atoms with Crippen LogP contribution in [0.25, 0.3) is 0 Å². The summed E-state index contributed by atoms with van der Waals surface area (Å²) in [6.07, 6.45) is 2.07. The summed E-state index contributed by atoms with van der Waals surface area (Å²) in [7, 11) is -3.91. The Morgan fingerprint density at radius 3 is 2.43 bits per heavy atom. The minimum atomic E-state index is -3.91. The molecule has 3 rings (SSSR count). The molecule has 1 aromatic carbocycles. The van der Waals surface area contributed by atoms with Gasteiger partial charge in [-0.05, 0) is 31.0 Å². The highest BCUT2D eigenvalue weighted by atomic mass is 35.5. The van der Waals surface area contributed by atoms with E-state index in [0.717, 1.165) is 37.3 Å². The number of benzene rings is 1. The molecule has 1 fully saturated rings. The fourth-order valence-corrected chi connectivity index (χ4v) is 5.70. The van der Waals surface area contributed by atoms with E-state index >= 15 is 0 Å². The molecule has 1 aliphatic rings. The Morgan fingerprint density at radius 1 is 1.17 bits per heavy atom. The van der Waals surface area contributed by atoms with E-state index < -0.39 is 15.8 Å². The number of hydrogen-bond donors (Lipinski definition) is 1. The van der Waals surface area contributed by atoms with Gasteiger partial charge < -0.3 is 4.90 Å². The normalized spacial score (nSPS) is 15.2. The van der Waals surface area contributed by atoms with Gasteiger partial charge in [0.05, 0.1) is 15.7 Å². The van der Waals surface area contributed by atoms with Crippen molar-refractivity contribution in [3.63, 3.8) is 0 Å².